The third-order valence-electron chi connectivity index (χ3n) is 4.20. The minimum Gasteiger partial charge on any atom is -0.489 e. The van der Waals surface area contributed by atoms with E-state index in [2.05, 4.69) is 6.07 Å². The van der Waals surface area contributed by atoms with Gasteiger partial charge in [0.2, 0.25) is 0 Å². The normalized spacial score (nSPS) is 10.9. The zero-order valence-corrected chi connectivity index (χ0v) is 15.9. The quantitative estimate of drug-likeness (QED) is 0.629. The molecule has 3 rings (SSSR count). The molecule has 0 aliphatic carbocycles. The molecule has 0 heterocycles. The lowest BCUT2D eigenvalue weighted by atomic mass is 10.1. The molecule has 0 saturated heterocycles. The number of sulfonamides is 1. The van der Waals surface area contributed by atoms with E-state index in [9.17, 15) is 12.8 Å². The fourth-order valence-electron chi connectivity index (χ4n) is 2.57. The monoisotopic (exact) mass is 396 g/mol. The van der Waals surface area contributed by atoms with E-state index in [-0.39, 0.29) is 11.5 Å². The topological polar surface area (TPSA) is 70.4 Å². The lowest BCUT2D eigenvalue weighted by Gasteiger charge is -2.20. The molecular formula is C21H17FN2O3S. The Bertz CT molecular complexity index is 1110. The third-order valence-corrected chi connectivity index (χ3v) is 6.00. The number of ether oxygens (including phenoxy) is 1. The summed E-state index contributed by atoms with van der Waals surface area (Å²) in [4.78, 5) is 0.00448. The zero-order valence-electron chi connectivity index (χ0n) is 15.0. The fraction of sp³-hybridized carbons (Fsp3) is 0.0952. The molecule has 0 aliphatic rings. The van der Waals surface area contributed by atoms with Gasteiger partial charge in [-0.1, -0.05) is 18.2 Å². The average Bonchev–Trinajstić information content (AvgIpc) is 2.72. The molecule has 0 N–H and O–H groups in total. The second-order valence-electron chi connectivity index (χ2n) is 5.98. The van der Waals surface area contributed by atoms with Gasteiger partial charge in [-0.3, -0.25) is 4.31 Å². The molecule has 0 spiro atoms. The first-order valence-electron chi connectivity index (χ1n) is 8.37. The average molecular weight is 396 g/mol. The number of rotatable bonds is 6. The van der Waals surface area contributed by atoms with Crippen LogP contribution in [-0.4, -0.2) is 15.5 Å². The highest BCUT2D eigenvalue weighted by atomic mass is 32.2. The summed E-state index contributed by atoms with van der Waals surface area (Å²) >= 11 is 0. The van der Waals surface area contributed by atoms with Crippen LogP contribution in [0.3, 0.4) is 0 Å². The van der Waals surface area contributed by atoms with Crippen LogP contribution in [0, 0.1) is 17.1 Å². The summed E-state index contributed by atoms with van der Waals surface area (Å²) in [7, 11) is -2.37. The minimum absolute atomic E-state index is 0.00448. The smallest absolute Gasteiger partial charge is 0.264 e. The molecule has 5 nitrogen and oxygen atoms in total. The van der Waals surface area contributed by atoms with E-state index in [1.807, 2.05) is 12.1 Å². The van der Waals surface area contributed by atoms with Gasteiger partial charge in [-0.15, -0.1) is 0 Å². The van der Waals surface area contributed by atoms with E-state index in [1.165, 1.54) is 19.2 Å². The van der Waals surface area contributed by atoms with Crippen LogP contribution < -0.4 is 9.04 Å². The van der Waals surface area contributed by atoms with E-state index >= 15 is 0 Å². The summed E-state index contributed by atoms with van der Waals surface area (Å²) in [5, 5.41) is 9.11. The first-order chi connectivity index (χ1) is 13.4. The molecule has 0 fully saturated rings. The number of hydrogen-bond acceptors (Lipinski definition) is 4. The summed E-state index contributed by atoms with van der Waals surface area (Å²) in [5.41, 5.74) is 1.75. The Morgan fingerprint density at radius 3 is 2.29 bits per heavy atom. The van der Waals surface area contributed by atoms with Gasteiger partial charge in [0.05, 0.1) is 22.2 Å². The van der Waals surface area contributed by atoms with Crippen LogP contribution in [0.15, 0.2) is 77.7 Å². The van der Waals surface area contributed by atoms with Crippen LogP contribution in [0.25, 0.3) is 0 Å². The third kappa shape index (κ3) is 4.13. The molecule has 28 heavy (non-hydrogen) atoms. The van der Waals surface area contributed by atoms with Crippen molar-refractivity contribution in [3.63, 3.8) is 0 Å². The number of halogens is 1. The summed E-state index contributed by atoms with van der Waals surface area (Å²) in [5.74, 6) is 0.0464. The van der Waals surface area contributed by atoms with Crippen molar-refractivity contribution in [3.05, 3.63) is 89.7 Å². The van der Waals surface area contributed by atoms with E-state index in [0.717, 1.165) is 22.0 Å². The SMILES string of the molecule is CN(c1ccc(OCc2ccccc2C#N)cc1)S(=O)(=O)c1ccc(F)cc1. The zero-order chi connectivity index (χ0) is 20.1. The highest BCUT2D eigenvalue weighted by molar-refractivity contribution is 7.92. The van der Waals surface area contributed by atoms with Crippen molar-refractivity contribution >= 4 is 15.7 Å². The number of nitriles is 1. The van der Waals surface area contributed by atoms with Gasteiger partial charge in [-0.2, -0.15) is 5.26 Å². The van der Waals surface area contributed by atoms with E-state index in [4.69, 9.17) is 10.00 Å². The molecule has 0 atom stereocenters. The molecule has 3 aromatic rings. The van der Waals surface area contributed by atoms with Gasteiger partial charge in [-0.25, -0.2) is 12.8 Å². The predicted octanol–water partition coefficient (Wildman–Crippen LogP) is 4.10. The molecule has 0 unspecified atom stereocenters. The van der Waals surface area contributed by atoms with Crippen LogP contribution in [0.2, 0.25) is 0 Å². The van der Waals surface area contributed by atoms with Crippen LogP contribution in [0.5, 0.6) is 5.75 Å². The number of anilines is 1. The van der Waals surface area contributed by atoms with Gasteiger partial charge in [0.15, 0.2) is 0 Å². The Kier molecular flexibility index (Phi) is 5.62. The van der Waals surface area contributed by atoms with E-state index in [1.54, 1.807) is 36.4 Å². The van der Waals surface area contributed by atoms with Crippen LogP contribution in [-0.2, 0) is 16.6 Å². The minimum atomic E-state index is -3.80. The lowest BCUT2D eigenvalue weighted by molar-refractivity contribution is 0.306. The van der Waals surface area contributed by atoms with Gasteiger partial charge >= 0.3 is 0 Å². The molecule has 0 aromatic heterocycles. The van der Waals surface area contributed by atoms with Crippen molar-refractivity contribution in [1.82, 2.24) is 0 Å². The Hall–Kier alpha value is -3.37. The molecule has 142 valence electrons. The second-order valence-corrected chi connectivity index (χ2v) is 7.95. The van der Waals surface area contributed by atoms with Gasteiger partial charge < -0.3 is 4.74 Å². The first kappa shape index (κ1) is 19.4. The predicted molar refractivity (Wildman–Crippen MR) is 104 cm³/mol. The molecule has 0 bridgehead atoms. The number of benzene rings is 3. The molecule has 0 amide bonds. The summed E-state index contributed by atoms with van der Waals surface area (Å²) < 4.78 is 45.2. The van der Waals surface area contributed by atoms with Crippen molar-refractivity contribution in [1.29, 1.82) is 5.26 Å². The summed E-state index contributed by atoms with van der Waals surface area (Å²) in [6.45, 7) is 0.229. The molecule has 0 radical (unpaired) electrons. The highest BCUT2D eigenvalue weighted by Crippen LogP contribution is 2.25. The Balaban J connectivity index is 1.73. The number of nitrogens with zero attached hydrogens (tertiary/aromatic N) is 2. The lowest BCUT2D eigenvalue weighted by Crippen LogP contribution is -2.26. The maximum absolute atomic E-state index is 13.0. The van der Waals surface area contributed by atoms with Crippen molar-refractivity contribution in [2.75, 3.05) is 11.4 Å². The Morgan fingerprint density at radius 2 is 1.64 bits per heavy atom. The molecule has 0 aliphatic heterocycles. The molecule has 3 aromatic carbocycles. The summed E-state index contributed by atoms with van der Waals surface area (Å²) in [6.07, 6.45) is 0. The number of hydrogen-bond donors (Lipinski definition) is 0. The van der Waals surface area contributed by atoms with Crippen LogP contribution in [0.4, 0.5) is 10.1 Å². The standard InChI is InChI=1S/C21H17FN2O3S/c1-24(28(25,26)21-12-6-18(22)7-13-21)19-8-10-20(11-9-19)27-15-17-5-3-2-4-16(17)14-23/h2-13H,15H2,1H3. The maximum Gasteiger partial charge on any atom is 0.264 e. The fourth-order valence-corrected chi connectivity index (χ4v) is 3.77. The molecule has 0 saturated carbocycles. The summed E-state index contributed by atoms with van der Waals surface area (Å²) in [6, 6.07) is 20.5. The van der Waals surface area contributed by atoms with Gasteiger partial charge in [-0.05, 0) is 54.6 Å². The first-order valence-corrected chi connectivity index (χ1v) is 9.81. The largest absolute Gasteiger partial charge is 0.489 e. The van der Waals surface area contributed by atoms with Crippen LogP contribution >= 0.6 is 0 Å². The molecule has 7 heteroatoms. The van der Waals surface area contributed by atoms with Gasteiger partial charge in [0, 0.05) is 12.6 Å². The van der Waals surface area contributed by atoms with E-state index < -0.39 is 15.8 Å². The Morgan fingerprint density at radius 1 is 1.00 bits per heavy atom. The Labute approximate surface area is 163 Å². The van der Waals surface area contributed by atoms with Crippen molar-refractivity contribution in [3.8, 4) is 11.8 Å². The molecular weight excluding hydrogens is 379 g/mol. The van der Waals surface area contributed by atoms with Crippen molar-refractivity contribution < 1.29 is 17.5 Å². The van der Waals surface area contributed by atoms with Crippen molar-refractivity contribution in [2.45, 2.75) is 11.5 Å². The van der Waals surface area contributed by atoms with Crippen LogP contribution in [0.1, 0.15) is 11.1 Å². The van der Waals surface area contributed by atoms with Gasteiger partial charge in [0.1, 0.15) is 18.2 Å². The van der Waals surface area contributed by atoms with E-state index in [0.29, 0.717) is 17.0 Å². The highest BCUT2D eigenvalue weighted by Gasteiger charge is 2.21. The maximum atomic E-state index is 13.0. The second kappa shape index (κ2) is 8.11. The van der Waals surface area contributed by atoms with Crippen molar-refractivity contribution in [2.24, 2.45) is 0 Å². The van der Waals surface area contributed by atoms with Gasteiger partial charge in [0.25, 0.3) is 10.0 Å².